The number of phenols is 2. The van der Waals surface area contributed by atoms with Gasteiger partial charge in [0.2, 0.25) is 0 Å². The van der Waals surface area contributed by atoms with Crippen LogP contribution in [0.1, 0.15) is 5.56 Å². The molecule has 1 aromatic rings. The third kappa shape index (κ3) is 2.27. The van der Waals surface area contributed by atoms with Crippen LogP contribution in [0.3, 0.4) is 0 Å². The van der Waals surface area contributed by atoms with E-state index in [4.69, 9.17) is 10.2 Å². The molecule has 0 saturated heterocycles. The second kappa shape index (κ2) is 3.94. The number of rotatable bonds is 0. The van der Waals surface area contributed by atoms with Crippen molar-refractivity contribution >= 4 is 0 Å². The summed E-state index contributed by atoms with van der Waals surface area (Å²) in [5.74, 6) is 0.220. The first-order valence-electron chi connectivity index (χ1n) is 2.60. The van der Waals surface area contributed by atoms with Crippen LogP contribution in [0.2, 0.25) is 0 Å². The van der Waals surface area contributed by atoms with E-state index in [9.17, 15) is 0 Å². The van der Waals surface area contributed by atoms with Crippen molar-refractivity contribution in [3.8, 4) is 11.5 Å². The van der Waals surface area contributed by atoms with Gasteiger partial charge in [0.05, 0.1) is 0 Å². The third-order valence-electron chi connectivity index (χ3n) is 1.11. The van der Waals surface area contributed by atoms with Crippen molar-refractivity contribution in [2.45, 2.75) is 6.92 Å². The number of hydrogen-bond donors (Lipinski definition) is 2. The summed E-state index contributed by atoms with van der Waals surface area (Å²) in [5.41, 5.74) is 0.659. The molecule has 0 amide bonds. The van der Waals surface area contributed by atoms with Gasteiger partial charge in [-0.25, -0.2) is 0 Å². The normalized spacial score (nSPS) is 8.50. The zero-order valence-corrected chi connectivity index (χ0v) is 8.46. The summed E-state index contributed by atoms with van der Waals surface area (Å²) in [5, 5.41) is 17.7. The van der Waals surface area contributed by atoms with E-state index in [-0.39, 0.29) is 44.2 Å². The molecule has 0 atom stereocenters. The van der Waals surface area contributed by atoms with Gasteiger partial charge in [-0.15, -0.1) is 23.8 Å². The quantitative estimate of drug-likeness (QED) is 0.501. The zero-order chi connectivity index (χ0) is 6.85. The molecule has 0 spiro atoms. The van der Waals surface area contributed by atoms with Crippen LogP contribution in [0.4, 0.5) is 0 Å². The summed E-state index contributed by atoms with van der Waals surface area (Å²) in [6.07, 6.45) is 0. The molecule has 0 fully saturated rings. The van der Waals surface area contributed by atoms with E-state index in [2.05, 4.69) is 6.07 Å². The molecular weight excluding hydrogens is 205 g/mol. The predicted molar refractivity (Wildman–Crippen MR) is 33.3 cm³/mol. The molecule has 0 radical (unpaired) electrons. The van der Waals surface area contributed by atoms with Gasteiger partial charge in [0.1, 0.15) is 0 Å². The number of aromatic hydroxyl groups is 2. The fourth-order valence-electron chi connectivity index (χ4n) is 0.577. The minimum Gasteiger partial charge on any atom is -0.565 e. The first-order valence-corrected chi connectivity index (χ1v) is 2.60. The Labute approximate surface area is 84.8 Å². The number of phenolic OH excluding ortho intramolecular Hbond substituents is 2. The Morgan fingerprint density at radius 2 is 2.00 bits per heavy atom. The monoisotopic (exact) mass is 212 g/mol. The average Bonchev–Trinajstić information content (AvgIpc) is 1.80. The minimum atomic E-state index is 0. The second-order valence-electron chi connectivity index (χ2n) is 1.89. The molecule has 48 valence electrons. The standard InChI is InChI=1S/C7H7O2.Y/c1-5-4-6(8)2-3-7(5)9;/h3-4,8-9H,1H3;/q-1;+3. The zero-order valence-electron chi connectivity index (χ0n) is 5.63. The third-order valence-corrected chi connectivity index (χ3v) is 1.11. The maximum absolute atomic E-state index is 8.90. The maximum Gasteiger partial charge on any atom is 3.00 e. The molecule has 0 aromatic heterocycles. The van der Waals surface area contributed by atoms with Gasteiger partial charge in [-0.1, -0.05) is 6.92 Å². The topological polar surface area (TPSA) is 40.5 Å². The maximum atomic E-state index is 8.90. The molecule has 0 heterocycles. The van der Waals surface area contributed by atoms with Crippen molar-refractivity contribution < 1.29 is 42.9 Å². The van der Waals surface area contributed by atoms with Crippen molar-refractivity contribution in [1.82, 2.24) is 0 Å². The largest absolute Gasteiger partial charge is 3.00 e. The van der Waals surface area contributed by atoms with Gasteiger partial charge in [0.25, 0.3) is 0 Å². The molecule has 0 aliphatic carbocycles. The summed E-state index contributed by atoms with van der Waals surface area (Å²) in [4.78, 5) is 0. The number of benzene rings is 1. The summed E-state index contributed by atoms with van der Waals surface area (Å²) in [6, 6.07) is 5.24. The van der Waals surface area contributed by atoms with E-state index in [0.717, 1.165) is 0 Å². The van der Waals surface area contributed by atoms with E-state index in [1.807, 2.05) is 0 Å². The van der Waals surface area contributed by atoms with Crippen LogP contribution in [0.25, 0.3) is 0 Å². The van der Waals surface area contributed by atoms with Crippen LogP contribution < -0.4 is 0 Å². The van der Waals surface area contributed by atoms with Crippen LogP contribution in [0.15, 0.2) is 12.1 Å². The number of aryl methyl sites for hydroxylation is 1. The van der Waals surface area contributed by atoms with Gasteiger partial charge in [0.15, 0.2) is 0 Å². The van der Waals surface area contributed by atoms with Crippen molar-refractivity contribution in [1.29, 1.82) is 0 Å². The van der Waals surface area contributed by atoms with Crippen LogP contribution in [0.5, 0.6) is 11.5 Å². The van der Waals surface area contributed by atoms with Crippen LogP contribution in [-0.2, 0) is 32.7 Å². The van der Waals surface area contributed by atoms with Gasteiger partial charge in [-0.2, -0.15) is 0 Å². The molecule has 0 aliphatic heterocycles. The minimum absolute atomic E-state index is 0. The molecule has 10 heavy (non-hydrogen) atoms. The van der Waals surface area contributed by atoms with E-state index < -0.39 is 0 Å². The van der Waals surface area contributed by atoms with Gasteiger partial charge in [0, 0.05) is 11.5 Å². The Morgan fingerprint density at radius 3 is 2.40 bits per heavy atom. The van der Waals surface area contributed by atoms with Gasteiger partial charge < -0.3 is 10.2 Å². The summed E-state index contributed by atoms with van der Waals surface area (Å²) >= 11 is 0. The molecule has 0 unspecified atom stereocenters. The fourth-order valence-corrected chi connectivity index (χ4v) is 0.577. The Balaban J connectivity index is 0.000000810. The molecule has 0 saturated carbocycles. The second-order valence-corrected chi connectivity index (χ2v) is 1.89. The van der Waals surface area contributed by atoms with Crippen molar-refractivity contribution in [3.05, 3.63) is 23.8 Å². The van der Waals surface area contributed by atoms with Crippen LogP contribution >= 0.6 is 0 Å². The SMILES string of the molecule is Cc1cc(O)[c-]cc1O.[Y+3]. The van der Waals surface area contributed by atoms with Gasteiger partial charge in [-0.05, 0) is 0 Å². The van der Waals surface area contributed by atoms with Crippen LogP contribution in [0, 0.1) is 13.0 Å². The molecule has 1 rings (SSSR count). The molecule has 2 nitrogen and oxygen atoms in total. The van der Waals surface area contributed by atoms with Crippen molar-refractivity contribution in [2.24, 2.45) is 0 Å². The summed E-state index contributed by atoms with van der Waals surface area (Å²) < 4.78 is 0. The predicted octanol–water partition coefficient (Wildman–Crippen LogP) is 1.20. The number of hydrogen-bond acceptors (Lipinski definition) is 2. The fraction of sp³-hybridized carbons (Fsp3) is 0.143. The molecule has 1 aromatic carbocycles. The molecule has 2 N–H and O–H groups in total. The molecular formula is C7H7O2Y+2. The molecule has 0 aliphatic rings. The Bertz CT molecular complexity index is 223. The Hall–Kier alpha value is -0.0761. The van der Waals surface area contributed by atoms with Gasteiger partial charge >= 0.3 is 32.7 Å². The van der Waals surface area contributed by atoms with Crippen LogP contribution in [-0.4, -0.2) is 10.2 Å². The summed E-state index contributed by atoms with van der Waals surface area (Å²) in [7, 11) is 0. The van der Waals surface area contributed by atoms with Gasteiger partial charge in [-0.3, -0.25) is 0 Å². The van der Waals surface area contributed by atoms with Crippen molar-refractivity contribution in [3.63, 3.8) is 0 Å². The average molecular weight is 212 g/mol. The molecule has 3 heteroatoms. The Kier molecular flexibility index (Phi) is 3.91. The Morgan fingerprint density at radius 1 is 1.40 bits per heavy atom. The summed E-state index contributed by atoms with van der Waals surface area (Å²) in [6.45, 7) is 1.71. The smallest absolute Gasteiger partial charge is 0.565 e. The first kappa shape index (κ1) is 9.92. The van der Waals surface area contributed by atoms with E-state index in [1.165, 1.54) is 12.1 Å². The molecule has 0 bridgehead atoms. The van der Waals surface area contributed by atoms with E-state index in [1.54, 1.807) is 6.92 Å². The van der Waals surface area contributed by atoms with E-state index >= 15 is 0 Å². The first-order chi connectivity index (χ1) is 4.20. The van der Waals surface area contributed by atoms with Crippen molar-refractivity contribution in [2.75, 3.05) is 0 Å². The van der Waals surface area contributed by atoms with E-state index in [0.29, 0.717) is 5.56 Å².